The van der Waals surface area contributed by atoms with Gasteiger partial charge in [0, 0.05) is 37.5 Å². The van der Waals surface area contributed by atoms with Gasteiger partial charge < -0.3 is 25.8 Å². The number of nitrogens with one attached hydrogen (secondary N) is 2. The van der Waals surface area contributed by atoms with Crippen LogP contribution in [0.5, 0.6) is 5.88 Å². The first-order valence-corrected chi connectivity index (χ1v) is 15.5. The smallest absolute Gasteiger partial charge is 0.334 e. The van der Waals surface area contributed by atoms with Crippen LogP contribution in [0, 0.1) is 5.41 Å². The van der Waals surface area contributed by atoms with Gasteiger partial charge in [0.25, 0.3) is 17.0 Å². The highest BCUT2D eigenvalue weighted by Gasteiger charge is 2.47. The van der Waals surface area contributed by atoms with Crippen molar-refractivity contribution in [3.05, 3.63) is 72.0 Å². The second kappa shape index (κ2) is 11.3. The number of aromatic amines is 1. The highest BCUT2D eigenvalue weighted by Crippen LogP contribution is 2.41. The number of nitrogens with two attached hydrogens (primary N) is 1. The van der Waals surface area contributed by atoms with Gasteiger partial charge >= 0.3 is 5.69 Å². The zero-order valence-corrected chi connectivity index (χ0v) is 25.7. The van der Waals surface area contributed by atoms with Gasteiger partial charge in [-0.3, -0.25) is 23.9 Å². The van der Waals surface area contributed by atoms with E-state index in [0.717, 1.165) is 30.3 Å². The van der Waals surface area contributed by atoms with E-state index < -0.39 is 34.2 Å². The van der Waals surface area contributed by atoms with Gasteiger partial charge in [0.05, 0.1) is 35.3 Å². The number of carbonyl (C=O) groups excluding carboxylic acids is 1. The van der Waals surface area contributed by atoms with Gasteiger partial charge in [0.2, 0.25) is 5.88 Å². The number of ether oxygens (including phenoxy) is 1. The van der Waals surface area contributed by atoms with Crippen molar-refractivity contribution in [1.82, 2.24) is 29.1 Å². The molecule has 16 heteroatoms. The summed E-state index contributed by atoms with van der Waals surface area (Å²) < 4.78 is 7.98. The molecule has 7 rings (SSSR count). The molecule has 0 bridgehead atoms. The van der Waals surface area contributed by atoms with Crippen LogP contribution in [0.3, 0.4) is 0 Å². The summed E-state index contributed by atoms with van der Waals surface area (Å²) in [6.45, 7) is 4.35. The van der Waals surface area contributed by atoms with E-state index in [4.69, 9.17) is 22.1 Å². The third-order valence-corrected chi connectivity index (χ3v) is 9.88. The molecule has 3 aliphatic rings. The summed E-state index contributed by atoms with van der Waals surface area (Å²) in [6.07, 6.45) is 5.23. The minimum atomic E-state index is -0.936. The van der Waals surface area contributed by atoms with Crippen LogP contribution in [0.2, 0.25) is 5.02 Å². The average Bonchev–Trinajstić information content (AvgIpc) is 3.31. The van der Waals surface area contributed by atoms with Crippen LogP contribution in [0.4, 0.5) is 11.5 Å². The molecular weight excluding hydrogens is 618 g/mol. The van der Waals surface area contributed by atoms with Crippen LogP contribution in [0.15, 0.2) is 38.8 Å². The molecule has 0 unspecified atom stereocenters. The number of nitrogens with zero attached hydrogens (tertiary/aromatic N) is 6. The Kier molecular flexibility index (Phi) is 7.41. The molecule has 0 saturated carbocycles. The van der Waals surface area contributed by atoms with Crippen molar-refractivity contribution in [3.63, 3.8) is 0 Å². The first-order valence-electron chi connectivity index (χ1n) is 15.1. The number of aromatic nitrogens is 6. The molecule has 2 atom stereocenters. The highest BCUT2D eigenvalue weighted by molar-refractivity contribution is 6.35. The largest absolute Gasteiger partial charge is 0.493 e. The van der Waals surface area contributed by atoms with Crippen LogP contribution in [-0.2, 0) is 17.7 Å². The third-order valence-electron chi connectivity index (χ3n) is 9.48. The molecule has 1 spiro atoms. The van der Waals surface area contributed by atoms with Crippen molar-refractivity contribution >= 4 is 40.2 Å². The minimum Gasteiger partial charge on any atom is -0.493 e. The Bertz CT molecular complexity index is 2070. The van der Waals surface area contributed by atoms with Gasteiger partial charge in [-0.05, 0) is 44.7 Å². The van der Waals surface area contributed by atoms with Crippen LogP contribution in [-0.4, -0.2) is 71.9 Å². The third kappa shape index (κ3) is 4.85. The van der Waals surface area contributed by atoms with E-state index in [1.165, 1.54) is 29.0 Å². The Morgan fingerprint density at radius 1 is 1.15 bits per heavy atom. The molecule has 2 fully saturated rings. The van der Waals surface area contributed by atoms with Gasteiger partial charge in [-0.1, -0.05) is 17.7 Å². The fraction of sp³-hybridized carbons (Fsp3) is 0.433. The second-order valence-corrected chi connectivity index (χ2v) is 12.5. The zero-order chi connectivity index (χ0) is 32.3. The zero-order valence-electron chi connectivity index (χ0n) is 25.0. The van der Waals surface area contributed by atoms with E-state index in [0.29, 0.717) is 44.3 Å². The first kappa shape index (κ1) is 30.1. The predicted octanol–water partition coefficient (Wildman–Crippen LogP) is 1.31. The maximum absolute atomic E-state index is 13.6. The number of rotatable bonds is 4. The van der Waals surface area contributed by atoms with Crippen molar-refractivity contribution in [2.45, 2.75) is 57.7 Å². The number of carbonyl (C=O) groups is 1. The molecule has 1 aromatic carbocycles. The van der Waals surface area contributed by atoms with Gasteiger partial charge in [0.15, 0.2) is 16.7 Å². The SMILES string of the molecule is C[C@@H]1OCC2(CCN(c3cnc4c(=O)n(-c5cccc(NC(=O)c6c(O)nc7n(c6=O)CCCC7)c5Cl)c(=O)[nH]c4n3)CC2)[C@@H]1N. The van der Waals surface area contributed by atoms with E-state index in [1.807, 2.05) is 11.8 Å². The quantitative estimate of drug-likeness (QED) is 0.248. The lowest BCUT2D eigenvalue weighted by atomic mass is 9.73. The number of H-pyrrole nitrogens is 1. The van der Waals surface area contributed by atoms with Gasteiger partial charge in [0.1, 0.15) is 11.6 Å². The lowest BCUT2D eigenvalue weighted by Crippen LogP contribution is -2.50. The summed E-state index contributed by atoms with van der Waals surface area (Å²) in [5.41, 5.74) is 3.50. The highest BCUT2D eigenvalue weighted by atomic mass is 35.5. The van der Waals surface area contributed by atoms with Crippen LogP contribution in [0.25, 0.3) is 16.9 Å². The molecule has 3 aromatic heterocycles. The Morgan fingerprint density at radius 3 is 2.67 bits per heavy atom. The topological polar surface area (TPSA) is 203 Å². The fourth-order valence-electron chi connectivity index (χ4n) is 6.74. The molecule has 5 N–H and O–H groups in total. The van der Waals surface area contributed by atoms with E-state index in [-0.39, 0.29) is 45.1 Å². The van der Waals surface area contributed by atoms with Crippen molar-refractivity contribution in [3.8, 4) is 11.6 Å². The number of hydrogen-bond acceptors (Lipinski definition) is 11. The molecule has 1 amide bonds. The van der Waals surface area contributed by atoms with Crippen LogP contribution in [0.1, 0.15) is 48.8 Å². The van der Waals surface area contributed by atoms with E-state index in [2.05, 4.69) is 25.3 Å². The van der Waals surface area contributed by atoms with Crippen molar-refractivity contribution < 1.29 is 14.6 Å². The normalized spacial score (nSPS) is 20.6. The standard InChI is InChI=1S/C30H32ClN9O6/c1-15-23(32)30(14-46-15)8-11-38(12-9-30)19-13-33-22-24(35-19)37-29(45)40(28(22)44)17-6-4-5-16(21(17)31)34-25(41)20-26(42)36-18-7-2-3-10-39(18)27(20)43/h4-6,13,15,23,42H,2-3,7-12,14,32H2,1H3,(H,34,41)(H,35,37,45)/t15-,23+/m0/s1. The van der Waals surface area contributed by atoms with Crippen molar-refractivity contribution in [2.24, 2.45) is 11.1 Å². The van der Waals surface area contributed by atoms with Gasteiger partial charge in [-0.15, -0.1) is 0 Å². The summed E-state index contributed by atoms with van der Waals surface area (Å²) in [5.74, 6) is -0.681. The maximum Gasteiger partial charge on any atom is 0.334 e. The molecule has 3 aliphatic heterocycles. The number of aromatic hydroxyl groups is 1. The predicted molar refractivity (Wildman–Crippen MR) is 169 cm³/mol. The first-order chi connectivity index (χ1) is 22.1. The van der Waals surface area contributed by atoms with Crippen molar-refractivity contribution in [1.29, 1.82) is 0 Å². The molecule has 4 aromatic rings. The maximum atomic E-state index is 13.6. The molecule has 0 aliphatic carbocycles. The number of benzene rings is 1. The lowest BCUT2D eigenvalue weighted by Gasteiger charge is -2.41. The summed E-state index contributed by atoms with van der Waals surface area (Å²) in [5, 5.41) is 12.8. The molecule has 2 saturated heterocycles. The molecule has 15 nitrogen and oxygen atoms in total. The minimum absolute atomic E-state index is 0.00293. The number of hydrogen-bond donors (Lipinski definition) is 4. The Hall–Kier alpha value is -4.60. The van der Waals surface area contributed by atoms with E-state index in [1.54, 1.807) is 0 Å². The monoisotopic (exact) mass is 649 g/mol. The van der Waals surface area contributed by atoms with Gasteiger partial charge in [-0.25, -0.2) is 19.3 Å². The summed E-state index contributed by atoms with van der Waals surface area (Å²) in [6, 6.07) is 4.30. The summed E-state index contributed by atoms with van der Waals surface area (Å²) in [4.78, 5) is 70.6. The molecule has 46 heavy (non-hydrogen) atoms. The molecular formula is C30H32ClN9O6. The second-order valence-electron chi connectivity index (χ2n) is 12.1. The van der Waals surface area contributed by atoms with Crippen LogP contribution >= 0.6 is 11.6 Å². The number of aryl methyl sites for hydroxylation is 1. The molecule has 240 valence electrons. The van der Waals surface area contributed by atoms with Crippen LogP contribution < -0.4 is 32.8 Å². The number of piperidine rings is 1. The van der Waals surface area contributed by atoms with E-state index >= 15 is 0 Å². The Morgan fingerprint density at radius 2 is 1.93 bits per heavy atom. The van der Waals surface area contributed by atoms with Gasteiger partial charge in [-0.2, -0.15) is 4.98 Å². The average molecular weight is 650 g/mol. The van der Waals surface area contributed by atoms with E-state index in [9.17, 15) is 24.3 Å². The molecule has 0 radical (unpaired) electrons. The lowest BCUT2D eigenvalue weighted by molar-refractivity contribution is 0.0974. The number of anilines is 2. The number of amides is 1. The number of fused-ring (bicyclic) bond motifs is 2. The summed E-state index contributed by atoms with van der Waals surface area (Å²) >= 11 is 6.61. The summed E-state index contributed by atoms with van der Waals surface area (Å²) in [7, 11) is 0. The number of halogens is 1. The van der Waals surface area contributed by atoms with Crippen molar-refractivity contribution in [2.75, 3.05) is 29.9 Å². The molecule has 6 heterocycles. The Labute approximate surface area is 266 Å². The fourth-order valence-corrected chi connectivity index (χ4v) is 7.00. The Balaban J connectivity index is 1.17.